The van der Waals surface area contributed by atoms with Crippen LogP contribution in [0.3, 0.4) is 0 Å². The van der Waals surface area contributed by atoms with Crippen LogP contribution in [0.4, 0.5) is 0 Å². The van der Waals surface area contributed by atoms with Gasteiger partial charge in [0, 0.05) is 12.4 Å². The Hall–Kier alpha value is -2.66. The van der Waals surface area contributed by atoms with Crippen LogP contribution in [0.1, 0.15) is 11.1 Å². The molecule has 0 aliphatic carbocycles. The second-order valence-electron chi connectivity index (χ2n) is 4.73. The molecule has 23 heavy (non-hydrogen) atoms. The lowest BCUT2D eigenvalue weighted by Crippen LogP contribution is -2.06. The Morgan fingerprint density at radius 2 is 1.30 bits per heavy atom. The van der Waals surface area contributed by atoms with Gasteiger partial charge >= 0.3 is 0 Å². The van der Waals surface area contributed by atoms with E-state index in [4.69, 9.17) is 5.41 Å². The lowest BCUT2D eigenvalue weighted by molar-refractivity contribution is 0.474. The van der Waals surface area contributed by atoms with Gasteiger partial charge in [-0.05, 0) is 35.4 Å². The summed E-state index contributed by atoms with van der Waals surface area (Å²) in [6.45, 7) is 0.514. The highest BCUT2D eigenvalue weighted by atomic mass is 35.5. The second kappa shape index (κ2) is 9.38. The van der Waals surface area contributed by atoms with Gasteiger partial charge in [-0.3, -0.25) is 9.98 Å². The van der Waals surface area contributed by atoms with Crippen molar-refractivity contribution in [3.63, 3.8) is 0 Å². The monoisotopic (exact) mass is 331 g/mol. The SMILES string of the molecule is Cl.N=C(CN=Cc1cccc(O)c1)CN=Cc1cccc(O)c1. The molecule has 2 aromatic carbocycles. The summed E-state index contributed by atoms with van der Waals surface area (Å²) in [6, 6.07) is 13.5. The topological polar surface area (TPSA) is 89.0 Å². The molecule has 3 N–H and O–H groups in total. The summed E-state index contributed by atoms with van der Waals surface area (Å²) in [5, 5.41) is 26.4. The summed E-state index contributed by atoms with van der Waals surface area (Å²) in [6.07, 6.45) is 3.24. The first-order chi connectivity index (χ1) is 10.6. The van der Waals surface area contributed by atoms with Crippen LogP contribution in [0.15, 0.2) is 58.5 Å². The third kappa shape index (κ3) is 6.76. The van der Waals surface area contributed by atoms with Gasteiger partial charge in [-0.1, -0.05) is 24.3 Å². The number of hydrogen-bond acceptors (Lipinski definition) is 5. The van der Waals surface area contributed by atoms with Crippen molar-refractivity contribution in [1.29, 1.82) is 5.41 Å². The molecule has 0 amide bonds. The van der Waals surface area contributed by atoms with E-state index in [1.165, 1.54) is 0 Å². The predicted octanol–water partition coefficient (Wildman–Crippen LogP) is 3.08. The zero-order valence-electron chi connectivity index (χ0n) is 12.4. The minimum atomic E-state index is 0. The quantitative estimate of drug-likeness (QED) is 0.710. The number of rotatable bonds is 6. The smallest absolute Gasteiger partial charge is 0.116 e. The first-order valence-corrected chi connectivity index (χ1v) is 6.77. The van der Waals surface area contributed by atoms with Crippen molar-refractivity contribution in [1.82, 2.24) is 0 Å². The van der Waals surface area contributed by atoms with Crippen LogP contribution in [0, 0.1) is 5.41 Å². The first kappa shape index (κ1) is 18.4. The Morgan fingerprint density at radius 3 is 1.70 bits per heavy atom. The molecular formula is C17H18ClN3O2. The molecule has 0 fully saturated rings. The van der Waals surface area contributed by atoms with E-state index < -0.39 is 0 Å². The van der Waals surface area contributed by atoms with Crippen LogP contribution in [0.5, 0.6) is 11.5 Å². The summed E-state index contributed by atoms with van der Waals surface area (Å²) in [5.74, 6) is 0.379. The van der Waals surface area contributed by atoms with Gasteiger partial charge in [0.05, 0.1) is 18.8 Å². The Balaban J connectivity index is 0.00000264. The van der Waals surface area contributed by atoms with E-state index in [0.717, 1.165) is 11.1 Å². The zero-order chi connectivity index (χ0) is 15.8. The van der Waals surface area contributed by atoms with Crippen molar-refractivity contribution in [3.8, 4) is 11.5 Å². The van der Waals surface area contributed by atoms with Gasteiger partial charge < -0.3 is 15.6 Å². The molecule has 0 aliphatic heterocycles. The van der Waals surface area contributed by atoms with E-state index >= 15 is 0 Å². The van der Waals surface area contributed by atoms with Crippen LogP contribution in [0.25, 0.3) is 0 Å². The highest BCUT2D eigenvalue weighted by Gasteiger charge is 1.95. The fraction of sp³-hybridized carbons (Fsp3) is 0.118. The normalized spacial score (nSPS) is 10.8. The Morgan fingerprint density at radius 1 is 0.870 bits per heavy atom. The molecule has 6 heteroatoms. The van der Waals surface area contributed by atoms with Crippen molar-refractivity contribution in [3.05, 3.63) is 59.7 Å². The number of nitrogens with one attached hydrogen (secondary N) is 1. The lowest BCUT2D eigenvalue weighted by atomic mass is 10.2. The number of hydrogen-bond donors (Lipinski definition) is 3. The molecule has 0 aromatic heterocycles. The maximum Gasteiger partial charge on any atom is 0.116 e. The molecule has 0 spiro atoms. The minimum absolute atomic E-state index is 0. The number of phenols is 2. The maximum absolute atomic E-state index is 9.32. The molecule has 0 bridgehead atoms. The second-order valence-corrected chi connectivity index (χ2v) is 4.73. The third-order valence-electron chi connectivity index (χ3n) is 2.79. The molecule has 0 radical (unpaired) electrons. The minimum Gasteiger partial charge on any atom is -0.508 e. The van der Waals surface area contributed by atoms with Crippen molar-refractivity contribution in [2.45, 2.75) is 0 Å². The highest BCUT2D eigenvalue weighted by Crippen LogP contribution is 2.09. The van der Waals surface area contributed by atoms with Crippen molar-refractivity contribution in [2.24, 2.45) is 9.98 Å². The van der Waals surface area contributed by atoms with Gasteiger partial charge in [-0.2, -0.15) is 0 Å². The fourth-order valence-electron chi connectivity index (χ4n) is 1.78. The zero-order valence-corrected chi connectivity index (χ0v) is 13.2. The average molecular weight is 332 g/mol. The van der Waals surface area contributed by atoms with E-state index in [0.29, 0.717) is 5.71 Å². The van der Waals surface area contributed by atoms with Crippen molar-refractivity contribution >= 4 is 30.5 Å². The Kier molecular flexibility index (Phi) is 7.50. The van der Waals surface area contributed by atoms with E-state index in [-0.39, 0.29) is 37.0 Å². The van der Waals surface area contributed by atoms with E-state index in [2.05, 4.69) is 9.98 Å². The third-order valence-corrected chi connectivity index (χ3v) is 2.79. The standard InChI is InChI=1S/C17H17N3O2.ClH/c18-15(11-19-9-13-3-1-5-16(21)7-13)12-20-10-14-4-2-6-17(22)8-14;/h1-10,18,21-22H,11-12H2;1H. The number of benzene rings is 2. The van der Waals surface area contributed by atoms with Gasteiger partial charge in [0.2, 0.25) is 0 Å². The molecule has 0 aliphatic rings. The molecule has 0 saturated carbocycles. The van der Waals surface area contributed by atoms with Gasteiger partial charge in [-0.15, -0.1) is 12.4 Å². The summed E-state index contributed by atoms with van der Waals surface area (Å²) in [7, 11) is 0. The van der Waals surface area contributed by atoms with Gasteiger partial charge in [0.1, 0.15) is 11.5 Å². The molecule has 0 atom stereocenters. The number of aromatic hydroxyl groups is 2. The number of halogens is 1. The number of aliphatic imine (C=N–C) groups is 2. The van der Waals surface area contributed by atoms with Crippen molar-refractivity contribution < 1.29 is 10.2 Å². The van der Waals surface area contributed by atoms with Crippen LogP contribution >= 0.6 is 12.4 Å². The lowest BCUT2D eigenvalue weighted by Gasteiger charge is -1.97. The largest absolute Gasteiger partial charge is 0.508 e. The van der Waals surface area contributed by atoms with E-state index in [1.54, 1.807) is 48.8 Å². The average Bonchev–Trinajstić information content (AvgIpc) is 2.47. The fourth-order valence-corrected chi connectivity index (χ4v) is 1.78. The number of nitrogens with zero attached hydrogens (tertiary/aromatic N) is 2. The molecule has 2 aromatic rings. The molecule has 0 unspecified atom stereocenters. The van der Waals surface area contributed by atoms with Crippen LogP contribution in [-0.4, -0.2) is 41.4 Å². The van der Waals surface area contributed by atoms with Gasteiger partial charge in [0.25, 0.3) is 0 Å². The summed E-state index contributed by atoms with van der Waals surface area (Å²) < 4.78 is 0. The molecule has 2 rings (SSSR count). The molecule has 0 saturated heterocycles. The molecule has 5 nitrogen and oxygen atoms in total. The highest BCUT2D eigenvalue weighted by molar-refractivity contribution is 5.90. The Labute approximate surface area is 141 Å². The Bertz CT molecular complexity index is 655. The van der Waals surface area contributed by atoms with E-state index in [9.17, 15) is 10.2 Å². The summed E-state index contributed by atoms with van der Waals surface area (Å²) in [4.78, 5) is 8.30. The predicted molar refractivity (Wildman–Crippen MR) is 96.1 cm³/mol. The van der Waals surface area contributed by atoms with Crippen molar-refractivity contribution in [2.75, 3.05) is 13.1 Å². The first-order valence-electron chi connectivity index (χ1n) is 6.77. The van der Waals surface area contributed by atoms with E-state index in [1.807, 2.05) is 12.1 Å². The summed E-state index contributed by atoms with van der Waals surface area (Å²) in [5.41, 5.74) is 1.96. The molecule has 0 heterocycles. The van der Waals surface area contributed by atoms with Crippen LogP contribution < -0.4 is 0 Å². The maximum atomic E-state index is 9.32. The molecular weight excluding hydrogens is 314 g/mol. The van der Waals surface area contributed by atoms with Gasteiger partial charge in [0.15, 0.2) is 0 Å². The van der Waals surface area contributed by atoms with Crippen LogP contribution in [-0.2, 0) is 0 Å². The summed E-state index contributed by atoms with van der Waals surface area (Å²) >= 11 is 0. The number of phenolic OH excluding ortho intramolecular Hbond substituents is 2. The molecule has 120 valence electrons. The van der Waals surface area contributed by atoms with Crippen LogP contribution in [0.2, 0.25) is 0 Å². The van der Waals surface area contributed by atoms with Gasteiger partial charge in [-0.25, -0.2) is 0 Å².